The first-order valence-electron chi connectivity index (χ1n) is 10.7. The van der Waals surface area contributed by atoms with Crippen LogP contribution in [0, 0.1) is 0 Å². The topological polar surface area (TPSA) is 79.1 Å². The number of likely N-dealkylation sites (tertiary alicyclic amines) is 1. The van der Waals surface area contributed by atoms with Crippen LogP contribution in [-0.4, -0.2) is 43.0 Å². The normalized spacial score (nSPS) is 14.4. The Balaban J connectivity index is 1.38. The molecular formula is C23H32N4O3. The molecule has 0 unspecified atom stereocenters. The molecule has 0 saturated carbocycles. The number of amides is 1. The number of ether oxygens (including phenoxy) is 1. The monoisotopic (exact) mass is 412 g/mol. The van der Waals surface area contributed by atoms with Crippen LogP contribution in [0.1, 0.15) is 43.1 Å². The van der Waals surface area contributed by atoms with Gasteiger partial charge in [0.15, 0.2) is 5.96 Å². The fourth-order valence-corrected chi connectivity index (χ4v) is 3.30. The maximum absolute atomic E-state index is 11.8. The summed E-state index contributed by atoms with van der Waals surface area (Å²) in [5.74, 6) is 1.91. The van der Waals surface area contributed by atoms with Crippen LogP contribution in [0.5, 0.6) is 0 Å². The summed E-state index contributed by atoms with van der Waals surface area (Å²) in [7, 11) is 0. The van der Waals surface area contributed by atoms with Gasteiger partial charge in [-0.3, -0.25) is 4.79 Å². The Morgan fingerprint density at radius 3 is 2.73 bits per heavy atom. The summed E-state index contributed by atoms with van der Waals surface area (Å²) in [4.78, 5) is 18.4. The minimum atomic E-state index is 0.261. The van der Waals surface area contributed by atoms with Gasteiger partial charge in [-0.1, -0.05) is 24.3 Å². The van der Waals surface area contributed by atoms with Gasteiger partial charge >= 0.3 is 0 Å². The summed E-state index contributed by atoms with van der Waals surface area (Å²) in [5.41, 5.74) is 2.31. The molecule has 0 aliphatic carbocycles. The number of hydrogen-bond donors (Lipinski definition) is 2. The van der Waals surface area contributed by atoms with E-state index < -0.39 is 0 Å². The summed E-state index contributed by atoms with van der Waals surface area (Å²) in [6.45, 7) is 6.99. The average molecular weight is 413 g/mol. The highest BCUT2D eigenvalue weighted by molar-refractivity contribution is 5.79. The van der Waals surface area contributed by atoms with Crippen LogP contribution in [0.3, 0.4) is 0 Å². The summed E-state index contributed by atoms with van der Waals surface area (Å²) in [6, 6.07) is 12.1. The average Bonchev–Trinajstić information content (AvgIpc) is 3.42. The maximum atomic E-state index is 11.8. The fourth-order valence-electron chi connectivity index (χ4n) is 3.30. The number of nitrogens with zero attached hydrogens (tertiary/aromatic N) is 2. The lowest BCUT2D eigenvalue weighted by atomic mass is 10.1. The lowest BCUT2D eigenvalue weighted by Gasteiger charge is -2.15. The van der Waals surface area contributed by atoms with Crippen molar-refractivity contribution < 1.29 is 13.9 Å². The molecule has 0 spiro atoms. The predicted octanol–water partition coefficient (Wildman–Crippen LogP) is 3.06. The fraction of sp³-hybridized carbons (Fsp3) is 0.478. The van der Waals surface area contributed by atoms with Gasteiger partial charge in [0.2, 0.25) is 5.91 Å². The largest absolute Gasteiger partial charge is 0.467 e. The van der Waals surface area contributed by atoms with Gasteiger partial charge in [-0.05, 0) is 43.0 Å². The predicted molar refractivity (Wildman–Crippen MR) is 117 cm³/mol. The molecule has 2 N–H and O–H groups in total. The third-order valence-electron chi connectivity index (χ3n) is 4.91. The van der Waals surface area contributed by atoms with Gasteiger partial charge in [0.1, 0.15) is 12.4 Å². The highest BCUT2D eigenvalue weighted by Crippen LogP contribution is 2.15. The van der Waals surface area contributed by atoms with Crippen molar-refractivity contribution in [3.8, 4) is 0 Å². The lowest BCUT2D eigenvalue weighted by Crippen LogP contribution is -2.38. The van der Waals surface area contributed by atoms with E-state index in [1.54, 1.807) is 6.26 Å². The van der Waals surface area contributed by atoms with Crippen LogP contribution >= 0.6 is 0 Å². The van der Waals surface area contributed by atoms with E-state index in [1.807, 2.05) is 17.0 Å². The van der Waals surface area contributed by atoms with Crippen LogP contribution in [0.25, 0.3) is 0 Å². The molecule has 0 radical (unpaired) electrons. The zero-order valence-electron chi connectivity index (χ0n) is 17.7. The van der Waals surface area contributed by atoms with E-state index >= 15 is 0 Å². The molecule has 30 heavy (non-hydrogen) atoms. The van der Waals surface area contributed by atoms with Crippen LogP contribution in [0.15, 0.2) is 52.1 Å². The molecule has 1 aromatic heterocycles. The van der Waals surface area contributed by atoms with Gasteiger partial charge in [-0.25, -0.2) is 4.99 Å². The van der Waals surface area contributed by atoms with Gasteiger partial charge in [-0.2, -0.15) is 0 Å². The Hall–Kier alpha value is -2.80. The quantitative estimate of drug-likeness (QED) is 0.337. The number of carbonyl (C=O) groups is 1. The molecule has 162 valence electrons. The van der Waals surface area contributed by atoms with Crippen molar-refractivity contribution in [1.29, 1.82) is 0 Å². The van der Waals surface area contributed by atoms with Crippen molar-refractivity contribution in [2.45, 2.75) is 45.9 Å². The Morgan fingerprint density at radius 2 is 2.03 bits per heavy atom. The van der Waals surface area contributed by atoms with E-state index in [4.69, 9.17) is 9.15 Å². The molecule has 0 bridgehead atoms. The molecule has 1 aromatic carbocycles. The standard InChI is InChI=1S/C23H32N4O3/c1-2-24-23(25-12-5-14-29-18-21-6-4-15-30-21)26-16-19-8-10-20(11-9-19)17-27-13-3-7-22(27)28/h4,6,8-11,15H,2-3,5,7,12-14,16-18H2,1H3,(H2,24,25,26). The number of nitrogens with one attached hydrogen (secondary N) is 2. The van der Waals surface area contributed by atoms with E-state index in [0.29, 0.717) is 32.7 Å². The Kier molecular flexibility index (Phi) is 8.78. The summed E-state index contributed by atoms with van der Waals surface area (Å²) in [6.07, 6.45) is 4.20. The molecule has 1 fully saturated rings. The molecule has 2 heterocycles. The van der Waals surface area contributed by atoms with E-state index in [0.717, 1.165) is 55.3 Å². The van der Waals surface area contributed by atoms with Crippen LogP contribution in [0.4, 0.5) is 0 Å². The summed E-state index contributed by atoms with van der Waals surface area (Å²) >= 11 is 0. The summed E-state index contributed by atoms with van der Waals surface area (Å²) in [5, 5.41) is 6.61. The van der Waals surface area contributed by atoms with Gasteiger partial charge in [0.25, 0.3) is 0 Å². The third-order valence-corrected chi connectivity index (χ3v) is 4.91. The minimum absolute atomic E-state index is 0.261. The van der Waals surface area contributed by atoms with Crippen LogP contribution in [-0.2, 0) is 29.2 Å². The van der Waals surface area contributed by atoms with Gasteiger partial charge in [0.05, 0.1) is 12.8 Å². The van der Waals surface area contributed by atoms with Gasteiger partial charge in [0, 0.05) is 39.2 Å². The van der Waals surface area contributed by atoms with E-state index in [-0.39, 0.29) is 5.91 Å². The molecule has 7 heteroatoms. The number of hydrogen-bond acceptors (Lipinski definition) is 4. The molecule has 1 amide bonds. The molecule has 2 aromatic rings. The highest BCUT2D eigenvalue weighted by atomic mass is 16.5. The van der Waals surface area contributed by atoms with Crippen molar-refractivity contribution in [1.82, 2.24) is 15.5 Å². The molecule has 7 nitrogen and oxygen atoms in total. The number of rotatable bonds is 11. The van der Waals surface area contributed by atoms with Crippen LogP contribution < -0.4 is 10.6 Å². The zero-order valence-corrected chi connectivity index (χ0v) is 17.7. The first-order valence-corrected chi connectivity index (χ1v) is 10.7. The Bertz CT molecular complexity index is 787. The number of furan rings is 1. The van der Waals surface area contributed by atoms with E-state index in [9.17, 15) is 4.79 Å². The Morgan fingerprint density at radius 1 is 1.20 bits per heavy atom. The second-order valence-corrected chi connectivity index (χ2v) is 7.34. The minimum Gasteiger partial charge on any atom is -0.467 e. The molecule has 3 rings (SSSR count). The second kappa shape index (κ2) is 12.0. The first kappa shape index (κ1) is 21.9. The van der Waals surface area contributed by atoms with E-state index in [1.165, 1.54) is 0 Å². The third kappa shape index (κ3) is 7.22. The number of guanidine groups is 1. The first-order chi connectivity index (χ1) is 14.7. The van der Waals surface area contributed by atoms with Crippen molar-refractivity contribution in [3.63, 3.8) is 0 Å². The van der Waals surface area contributed by atoms with Crippen molar-refractivity contribution in [2.24, 2.45) is 4.99 Å². The maximum Gasteiger partial charge on any atom is 0.222 e. The van der Waals surface area contributed by atoms with Gasteiger partial charge in [-0.15, -0.1) is 0 Å². The van der Waals surface area contributed by atoms with Gasteiger partial charge < -0.3 is 24.7 Å². The highest BCUT2D eigenvalue weighted by Gasteiger charge is 2.19. The molecule has 0 atom stereocenters. The molecule has 1 aliphatic heterocycles. The molecule has 1 aliphatic rings. The second-order valence-electron chi connectivity index (χ2n) is 7.34. The number of aliphatic imine (C=N–C) groups is 1. The summed E-state index contributed by atoms with van der Waals surface area (Å²) < 4.78 is 10.8. The van der Waals surface area contributed by atoms with Crippen LogP contribution in [0.2, 0.25) is 0 Å². The number of benzene rings is 1. The SMILES string of the molecule is CCNC(=NCc1ccc(CN2CCCC2=O)cc1)NCCCOCc1ccco1. The molecule has 1 saturated heterocycles. The molecular weight excluding hydrogens is 380 g/mol. The van der Waals surface area contributed by atoms with Crippen molar-refractivity contribution in [3.05, 3.63) is 59.5 Å². The number of carbonyl (C=O) groups excluding carboxylic acids is 1. The Labute approximate surface area is 178 Å². The smallest absolute Gasteiger partial charge is 0.222 e. The van der Waals surface area contributed by atoms with Crippen molar-refractivity contribution >= 4 is 11.9 Å². The zero-order chi connectivity index (χ0) is 21.0. The van der Waals surface area contributed by atoms with E-state index in [2.05, 4.69) is 46.8 Å². The van der Waals surface area contributed by atoms with Crippen molar-refractivity contribution in [2.75, 3.05) is 26.2 Å². The lowest BCUT2D eigenvalue weighted by molar-refractivity contribution is -0.128.